The third kappa shape index (κ3) is 4.09. The summed E-state index contributed by atoms with van der Waals surface area (Å²) in [4.78, 5) is 22.2. The van der Waals surface area contributed by atoms with E-state index in [2.05, 4.69) is 21.1 Å². The van der Waals surface area contributed by atoms with Crippen LogP contribution in [0.4, 0.5) is 0 Å². The summed E-state index contributed by atoms with van der Waals surface area (Å²) in [6.45, 7) is 2.54. The quantitative estimate of drug-likeness (QED) is 0.707. The fraction of sp³-hybridized carbons (Fsp3) is 0.214. The van der Waals surface area contributed by atoms with Crippen LogP contribution in [0.2, 0.25) is 10.0 Å². The van der Waals surface area contributed by atoms with Crippen molar-refractivity contribution in [1.82, 2.24) is 10.9 Å². The SMILES string of the molecule is CC(=O)N/N=C1/C(=N)O[C@H](c2ccc(Cl)cc2Cl)/C1=N/NC(C)=O. The van der Waals surface area contributed by atoms with Crippen LogP contribution >= 0.6 is 23.2 Å². The van der Waals surface area contributed by atoms with Crippen LogP contribution in [0.5, 0.6) is 0 Å². The Morgan fingerprint density at radius 2 is 1.79 bits per heavy atom. The molecule has 2 rings (SSSR count). The zero-order chi connectivity index (χ0) is 17.9. The second-order valence-corrected chi connectivity index (χ2v) is 5.63. The lowest BCUT2D eigenvalue weighted by Crippen LogP contribution is -2.26. The van der Waals surface area contributed by atoms with Crippen molar-refractivity contribution in [2.45, 2.75) is 20.0 Å². The van der Waals surface area contributed by atoms with Crippen LogP contribution in [0.1, 0.15) is 25.5 Å². The maximum absolute atomic E-state index is 11.1. The zero-order valence-corrected chi connectivity index (χ0v) is 14.2. The van der Waals surface area contributed by atoms with Crippen LogP contribution in [0.25, 0.3) is 0 Å². The molecule has 0 saturated carbocycles. The van der Waals surface area contributed by atoms with E-state index >= 15 is 0 Å². The molecule has 24 heavy (non-hydrogen) atoms. The molecule has 1 saturated heterocycles. The fourth-order valence-electron chi connectivity index (χ4n) is 1.89. The number of nitrogens with one attached hydrogen (secondary N) is 3. The summed E-state index contributed by atoms with van der Waals surface area (Å²) < 4.78 is 5.45. The minimum atomic E-state index is -0.873. The van der Waals surface area contributed by atoms with Gasteiger partial charge in [0.1, 0.15) is 5.71 Å². The molecule has 126 valence electrons. The van der Waals surface area contributed by atoms with Crippen molar-refractivity contribution in [3.05, 3.63) is 33.8 Å². The minimum Gasteiger partial charge on any atom is -0.461 e. The Kier molecular flexibility index (Phi) is 5.53. The fourth-order valence-corrected chi connectivity index (χ4v) is 2.40. The summed E-state index contributed by atoms with van der Waals surface area (Å²) in [5.41, 5.74) is 5.08. The molecule has 0 aliphatic carbocycles. The normalized spacial score (nSPS) is 20.2. The topological polar surface area (TPSA) is 116 Å². The monoisotopic (exact) mass is 369 g/mol. The lowest BCUT2D eigenvalue weighted by atomic mass is 10.0. The van der Waals surface area contributed by atoms with Crippen molar-refractivity contribution in [3.8, 4) is 0 Å². The largest absolute Gasteiger partial charge is 0.461 e. The average molecular weight is 370 g/mol. The van der Waals surface area contributed by atoms with Crippen LogP contribution in [0.3, 0.4) is 0 Å². The molecule has 10 heteroatoms. The zero-order valence-electron chi connectivity index (χ0n) is 12.7. The van der Waals surface area contributed by atoms with Crippen LogP contribution in [0.15, 0.2) is 28.4 Å². The molecule has 1 aromatic carbocycles. The Bertz CT molecular complexity index is 776. The molecule has 1 heterocycles. The lowest BCUT2D eigenvalue weighted by Gasteiger charge is -2.12. The summed E-state index contributed by atoms with van der Waals surface area (Å²) in [7, 11) is 0. The molecule has 1 atom stereocenters. The number of hydrogen-bond donors (Lipinski definition) is 3. The van der Waals surface area contributed by atoms with Crippen molar-refractivity contribution in [1.29, 1.82) is 5.41 Å². The minimum absolute atomic E-state index is 0.0185. The van der Waals surface area contributed by atoms with Gasteiger partial charge in [-0.25, -0.2) is 10.9 Å². The van der Waals surface area contributed by atoms with Gasteiger partial charge in [-0.1, -0.05) is 29.3 Å². The summed E-state index contributed by atoms with van der Waals surface area (Å²) in [6.07, 6.45) is -0.873. The number of carbonyl (C=O) groups excluding carboxylic acids is 2. The molecule has 0 bridgehead atoms. The number of hydrogen-bond acceptors (Lipinski definition) is 6. The number of benzene rings is 1. The summed E-state index contributed by atoms with van der Waals surface area (Å²) in [5.74, 6) is -1.16. The highest BCUT2D eigenvalue weighted by molar-refractivity contribution is 6.69. The van der Waals surface area contributed by atoms with E-state index in [1.54, 1.807) is 12.1 Å². The highest BCUT2D eigenvalue weighted by atomic mass is 35.5. The van der Waals surface area contributed by atoms with E-state index in [9.17, 15) is 9.59 Å². The molecule has 8 nitrogen and oxygen atoms in total. The highest BCUT2D eigenvalue weighted by Crippen LogP contribution is 2.33. The van der Waals surface area contributed by atoms with Gasteiger partial charge in [-0.2, -0.15) is 10.2 Å². The van der Waals surface area contributed by atoms with E-state index in [0.29, 0.717) is 15.6 Å². The first-order chi connectivity index (χ1) is 11.3. The molecule has 0 unspecified atom stereocenters. The second kappa shape index (κ2) is 7.41. The highest BCUT2D eigenvalue weighted by Gasteiger charge is 2.38. The van der Waals surface area contributed by atoms with E-state index in [4.69, 9.17) is 33.3 Å². The third-order valence-electron chi connectivity index (χ3n) is 2.85. The molecule has 1 aromatic rings. The second-order valence-electron chi connectivity index (χ2n) is 4.79. The molecule has 2 amide bonds. The molecule has 1 aliphatic rings. The summed E-state index contributed by atoms with van der Waals surface area (Å²) in [5, 5.41) is 16.4. The number of hydrazone groups is 2. The average Bonchev–Trinajstić information content (AvgIpc) is 2.78. The van der Waals surface area contributed by atoms with Gasteiger partial charge in [0.05, 0.1) is 0 Å². The maximum Gasteiger partial charge on any atom is 0.237 e. The number of carbonyl (C=O) groups is 2. The summed E-state index contributed by atoms with van der Waals surface area (Å²) in [6, 6.07) is 4.74. The van der Waals surface area contributed by atoms with Gasteiger partial charge in [-0.15, -0.1) is 0 Å². The Hall–Kier alpha value is -2.45. The van der Waals surface area contributed by atoms with E-state index in [1.165, 1.54) is 19.9 Å². The molecular formula is C14H13Cl2N5O3. The first-order valence-corrected chi connectivity index (χ1v) is 7.44. The Balaban J connectivity index is 2.48. The van der Waals surface area contributed by atoms with Gasteiger partial charge in [-0.05, 0) is 12.1 Å². The van der Waals surface area contributed by atoms with Crippen molar-refractivity contribution in [2.75, 3.05) is 0 Å². The number of halogens is 2. The first kappa shape index (κ1) is 17.9. The molecule has 0 aromatic heterocycles. The predicted octanol–water partition coefficient (Wildman–Crippen LogP) is 2.03. The van der Waals surface area contributed by atoms with Crippen LogP contribution in [0, 0.1) is 5.41 Å². The number of amides is 2. The van der Waals surface area contributed by atoms with Gasteiger partial charge in [0.15, 0.2) is 11.8 Å². The van der Waals surface area contributed by atoms with Crippen LogP contribution in [-0.2, 0) is 14.3 Å². The van der Waals surface area contributed by atoms with Gasteiger partial charge in [-0.3, -0.25) is 15.0 Å². The van der Waals surface area contributed by atoms with Gasteiger partial charge >= 0.3 is 0 Å². The molecule has 0 spiro atoms. The van der Waals surface area contributed by atoms with Crippen molar-refractivity contribution in [2.24, 2.45) is 10.2 Å². The molecule has 1 aliphatic heterocycles. The van der Waals surface area contributed by atoms with E-state index < -0.39 is 17.9 Å². The van der Waals surface area contributed by atoms with Crippen LogP contribution < -0.4 is 10.9 Å². The lowest BCUT2D eigenvalue weighted by molar-refractivity contribution is -0.119. The predicted molar refractivity (Wildman–Crippen MR) is 90.5 cm³/mol. The Morgan fingerprint density at radius 1 is 1.17 bits per heavy atom. The van der Waals surface area contributed by atoms with Gasteiger partial charge in [0.25, 0.3) is 0 Å². The van der Waals surface area contributed by atoms with Gasteiger partial charge in [0.2, 0.25) is 17.7 Å². The summed E-state index contributed by atoms with van der Waals surface area (Å²) >= 11 is 12.1. The molecule has 1 fully saturated rings. The van der Waals surface area contributed by atoms with Crippen molar-refractivity contribution < 1.29 is 14.3 Å². The van der Waals surface area contributed by atoms with Crippen molar-refractivity contribution in [3.63, 3.8) is 0 Å². The Morgan fingerprint density at radius 3 is 2.38 bits per heavy atom. The third-order valence-corrected chi connectivity index (χ3v) is 3.41. The Labute approximate surface area is 147 Å². The molecular weight excluding hydrogens is 357 g/mol. The van der Waals surface area contributed by atoms with E-state index in [-0.39, 0.29) is 17.3 Å². The van der Waals surface area contributed by atoms with Gasteiger partial charge in [0, 0.05) is 29.5 Å². The molecule has 0 radical (unpaired) electrons. The van der Waals surface area contributed by atoms with Gasteiger partial charge < -0.3 is 4.74 Å². The number of nitrogens with zero attached hydrogens (tertiary/aromatic N) is 2. The first-order valence-electron chi connectivity index (χ1n) is 6.69. The van der Waals surface area contributed by atoms with Crippen molar-refractivity contribution >= 4 is 52.3 Å². The standard InChI is InChI=1S/C14H13Cl2N5O3/c1-6(22)18-20-11-12(21-19-7(2)23)14(17)24-13(11)9-4-3-8(15)5-10(9)16/h3-5,13,17H,1-2H3,(H,18,22)(H,19,23)/b17-14?,20-11+,21-12+/t13-/m1/s1. The van der Waals surface area contributed by atoms with E-state index in [1.807, 2.05) is 0 Å². The van der Waals surface area contributed by atoms with Crippen LogP contribution in [-0.4, -0.2) is 29.1 Å². The van der Waals surface area contributed by atoms with E-state index in [0.717, 1.165) is 0 Å². The smallest absolute Gasteiger partial charge is 0.237 e. The number of rotatable bonds is 3. The number of ether oxygens (including phenoxy) is 1. The maximum atomic E-state index is 11.1. The molecule has 3 N–H and O–H groups in total.